The van der Waals surface area contributed by atoms with Crippen LogP contribution in [0.25, 0.3) is 0 Å². The van der Waals surface area contributed by atoms with Crippen molar-refractivity contribution in [1.29, 1.82) is 0 Å². The number of carbonyl (C=O) groups is 2. The second kappa shape index (κ2) is 6.89. The van der Waals surface area contributed by atoms with Gasteiger partial charge >= 0.3 is 18.2 Å². The summed E-state index contributed by atoms with van der Waals surface area (Å²) in [6.07, 6.45) is -5.34. The molecule has 1 aromatic carbocycles. The highest BCUT2D eigenvalue weighted by molar-refractivity contribution is 6.42. The van der Waals surface area contributed by atoms with E-state index in [4.69, 9.17) is 23.2 Å². The van der Waals surface area contributed by atoms with Gasteiger partial charge in [0.15, 0.2) is 0 Å². The zero-order valence-corrected chi connectivity index (χ0v) is 14.2. The molecule has 2 rings (SSSR count). The molecule has 0 spiro atoms. The van der Waals surface area contributed by atoms with Crippen molar-refractivity contribution in [2.75, 3.05) is 6.61 Å². The van der Waals surface area contributed by atoms with Gasteiger partial charge in [0.2, 0.25) is 0 Å². The van der Waals surface area contributed by atoms with Crippen LogP contribution in [0, 0.1) is 5.92 Å². The van der Waals surface area contributed by atoms with E-state index in [0.29, 0.717) is 0 Å². The molecule has 0 unspecified atom stereocenters. The van der Waals surface area contributed by atoms with Gasteiger partial charge in [-0.15, -0.1) is 0 Å². The number of alkyl halides is 3. The molecule has 25 heavy (non-hydrogen) atoms. The van der Waals surface area contributed by atoms with Crippen molar-refractivity contribution in [3.8, 4) is 0 Å². The summed E-state index contributed by atoms with van der Waals surface area (Å²) < 4.78 is 45.0. The van der Waals surface area contributed by atoms with E-state index in [0.717, 1.165) is 0 Å². The first-order chi connectivity index (χ1) is 11.5. The minimum absolute atomic E-state index is 0.00473. The lowest BCUT2D eigenvalue weighted by Crippen LogP contribution is -2.73. The van der Waals surface area contributed by atoms with Crippen molar-refractivity contribution < 1.29 is 32.6 Å². The Morgan fingerprint density at radius 3 is 2.52 bits per heavy atom. The number of aliphatic hydroxyl groups is 1. The summed E-state index contributed by atoms with van der Waals surface area (Å²) in [6, 6.07) is 0.921. The van der Waals surface area contributed by atoms with Crippen molar-refractivity contribution in [1.82, 2.24) is 10.6 Å². The van der Waals surface area contributed by atoms with Crippen molar-refractivity contribution in [2.45, 2.75) is 24.9 Å². The molecule has 11 heteroatoms. The number of hydrogen-bond donors (Lipinski definition) is 3. The highest BCUT2D eigenvalue weighted by Gasteiger charge is 2.67. The SMILES string of the molecule is CCOC(=O)[C@@H]1[C@H](c2ccc(Cl)c(Cl)c2)NC(=O)N[C@@]1(O)C(F)(F)F. The fraction of sp³-hybridized carbons (Fsp3) is 0.429. The highest BCUT2D eigenvalue weighted by Crippen LogP contribution is 2.43. The van der Waals surface area contributed by atoms with E-state index in [-0.39, 0.29) is 22.2 Å². The number of benzene rings is 1. The van der Waals surface area contributed by atoms with E-state index in [1.165, 1.54) is 30.4 Å². The monoisotopic (exact) mass is 400 g/mol. The van der Waals surface area contributed by atoms with E-state index in [1.807, 2.05) is 0 Å². The van der Waals surface area contributed by atoms with Gasteiger partial charge in [0, 0.05) is 0 Å². The number of hydrogen-bond acceptors (Lipinski definition) is 4. The summed E-state index contributed by atoms with van der Waals surface area (Å²) in [5, 5.41) is 13.8. The number of nitrogens with one attached hydrogen (secondary N) is 2. The summed E-state index contributed by atoms with van der Waals surface area (Å²) in [6.45, 7) is 1.18. The Kier molecular flexibility index (Phi) is 5.41. The predicted octanol–water partition coefficient (Wildman–Crippen LogP) is 2.78. The van der Waals surface area contributed by atoms with Crippen LogP contribution < -0.4 is 10.6 Å². The Labute approximate surface area is 150 Å². The molecule has 0 saturated carbocycles. The molecular formula is C14H13Cl2F3N2O4. The molecule has 0 aliphatic carbocycles. The van der Waals surface area contributed by atoms with Crippen molar-refractivity contribution >= 4 is 35.2 Å². The van der Waals surface area contributed by atoms with E-state index in [9.17, 15) is 27.9 Å². The molecule has 0 radical (unpaired) electrons. The number of carbonyl (C=O) groups excluding carboxylic acids is 2. The molecule has 0 bridgehead atoms. The lowest BCUT2D eigenvalue weighted by atomic mass is 9.82. The number of esters is 1. The van der Waals surface area contributed by atoms with Gasteiger partial charge in [-0.05, 0) is 24.6 Å². The average Bonchev–Trinajstić information content (AvgIpc) is 2.48. The summed E-state index contributed by atoms with van der Waals surface area (Å²) in [7, 11) is 0. The lowest BCUT2D eigenvalue weighted by Gasteiger charge is -2.44. The smallest absolute Gasteiger partial charge is 0.437 e. The number of amides is 2. The van der Waals surface area contributed by atoms with Gasteiger partial charge in [0.05, 0.1) is 22.7 Å². The van der Waals surface area contributed by atoms with Gasteiger partial charge in [-0.2, -0.15) is 13.2 Å². The largest absolute Gasteiger partial charge is 0.466 e. The molecule has 1 saturated heterocycles. The molecule has 2 amide bonds. The molecule has 1 fully saturated rings. The number of rotatable bonds is 3. The van der Waals surface area contributed by atoms with E-state index < -0.39 is 35.9 Å². The van der Waals surface area contributed by atoms with Gasteiger partial charge in [-0.25, -0.2) is 4.79 Å². The van der Waals surface area contributed by atoms with Crippen molar-refractivity contribution in [3.63, 3.8) is 0 Å². The Bertz CT molecular complexity index is 701. The molecule has 0 aromatic heterocycles. The van der Waals surface area contributed by atoms with Gasteiger partial charge in [-0.1, -0.05) is 29.3 Å². The summed E-state index contributed by atoms with van der Waals surface area (Å²) in [5.74, 6) is -3.55. The standard InChI is InChI=1S/C14H13Cl2F3N2O4/c1-2-25-11(22)9-10(6-3-4-7(15)8(16)5-6)20-12(23)21-13(9,24)14(17,18)19/h3-5,9-10,24H,2H2,1H3,(H2,20,21,23)/t9-,10-,13-/m0/s1. The quantitative estimate of drug-likeness (QED) is 0.680. The first kappa shape index (κ1) is 19.6. The first-order valence-electron chi connectivity index (χ1n) is 7.00. The lowest BCUT2D eigenvalue weighted by molar-refractivity contribution is -0.294. The molecular weight excluding hydrogens is 388 g/mol. The Morgan fingerprint density at radius 2 is 2.00 bits per heavy atom. The second-order valence-electron chi connectivity index (χ2n) is 5.24. The molecule has 3 atom stereocenters. The summed E-state index contributed by atoms with van der Waals surface area (Å²) >= 11 is 11.6. The zero-order chi connectivity index (χ0) is 19.0. The molecule has 1 aliphatic rings. The topological polar surface area (TPSA) is 87.7 Å². The Hall–Kier alpha value is -1.71. The van der Waals surface area contributed by atoms with Gasteiger partial charge in [-0.3, -0.25) is 4.79 Å². The molecule has 6 nitrogen and oxygen atoms in total. The Morgan fingerprint density at radius 1 is 1.36 bits per heavy atom. The minimum Gasteiger partial charge on any atom is -0.466 e. The number of ether oxygens (including phenoxy) is 1. The molecule has 1 heterocycles. The van der Waals surface area contributed by atoms with Gasteiger partial charge in [0.1, 0.15) is 5.92 Å². The number of urea groups is 1. The zero-order valence-electron chi connectivity index (χ0n) is 12.7. The second-order valence-corrected chi connectivity index (χ2v) is 6.06. The summed E-state index contributed by atoms with van der Waals surface area (Å²) in [5.41, 5.74) is -3.77. The van der Waals surface area contributed by atoms with Crippen LogP contribution in [0.1, 0.15) is 18.5 Å². The van der Waals surface area contributed by atoms with Crippen LogP contribution in [0.5, 0.6) is 0 Å². The molecule has 138 valence electrons. The third-order valence-electron chi connectivity index (χ3n) is 3.65. The Balaban J connectivity index is 2.59. The maximum absolute atomic E-state index is 13.4. The van der Waals surface area contributed by atoms with E-state index in [1.54, 1.807) is 0 Å². The van der Waals surface area contributed by atoms with Crippen molar-refractivity contribution in [3.05, 3.63) is 33.8 Å². The van der Waals surface area contributed by atoms with Crippen LogP contribution in [0.15, 0.2) is 18.2 Å². The van der Waals surface area contributed by atoms with Gasteiger partial charge in [0.25, 0.3) is 5.72 Å². The predicted molar refractivity (Wildman–Crippen MR) is 82.0 cm³/mol. The number of halogens is 5. The van der Waals surface area contributed by atoms with Crippen LogP contribution in [0.2, 0.25) is 10.0 Å². The van der Waals surface area contributed by atoms with Gasteiger partial charge < -0.3 is 20.5 Å². The minimum atomic E-state index is -5.34. The van der Waals surface area contributed by atoms with Crippen LogP contribution in [-0.2, 0) is 9.53 Å². The van der Waals surface area contributed by atoms with Crippen molar-refractivity contribution in [2.24, 2.45) is 5.92 Å². The normalized spacial score (nSPS) is 26.6. The van der Waals surface area contributed by atoms with E-state index >= 15 is 0 Å². The van der Waals surface area contributed by atoms with Crippen LogP contribution in [0.3, 0.4) is 0 Å². The van der Waals surface area contributed by atoms with Crippen LogP contribution >= 0.6 is 23.2 Å². The molecule has 1 aliphatic heterocycles. The third-order valence-corrected chi connectivity index (χ3v) is 4.39. The van der Waals surface area contributed by atoms with Crippen LogP contribution in [0.4, 0.5) is 18.0 Å². The molecule has 1 aromatic rings. The fourth-order valence-electron chi connectivity index (χ4n) is 2.52. The highest BCUT2D eigenvalue weighted by atomic mass is 35.5. The maximum atomic E-state index is 13.4. The fourth-order valence-corrected chi connectivity index (χ4v) is 2.83. The van der Waals surface area contributed by atoms with Crippen LogP contribution in [-0.4, -0.2) is 35.6 Å². The maximum Gasteiger partial charge on any atom is 0.437 e. The summed E-state index contributed by atoms with van der Waals surface area (Å²) in [4.78, 5) is 23.9. The van der Waals surface area contributed by atoms with E-state index in [2.05, 4.69) is 10.1 Å². The average molecular weight is 401 g/mol. The first-order valence-corrected chi connectivity index (χ1v) is 7.76. The third kappa shape index (κ3) is 3.63. The molecule has 3 N–H and O–H groups in total.